The Morgan fingerprint density at radius 3 is 2.65 bits per heavy atom. The maximum Gasteiger partial charge on any atom is 0.410 e. The number of carbonyl (C=O) groups excluding carboxylic acids is 1. The van der Waals surface area contributed by atoms with Gasteiger partial charge in [-0.2, -0.15) is 18.3 Å². The Morgan fingerprint density at radius 2 is 1.90 bits per heavy atom. The summed E-state index contributed by atoms with van der Waals surface area (Å²) in [6.07, 6.45) is -2.98. The van der Waals surface area contributed by atoms with Gasteiger partial charge in [0.15, 0.2) is 23.2 Å². The first-order valence-electron chi connectivity index (χ1n) is 10.4. The number of likely N-dealkylation sites (tertiary alicyclic amines) is 1. The van der Waals surface area contributed by atoms with Gasteiger partial charge in [0.25, 0.3) is 5.91 Å². The van der Waals surface area contributed by atoms with E-state index < -0.39 is 18.3 Å². The second-order valence-corrected chi connectivity index (χ2v) is 8.44. The first kappa shape index (κ1) is 20.0. The SMILES string of the molecule is CC1CCN(C(=O)c2cc3n(n2)[C@@H](C(F)(F)F)C[C@H](c2ccc4c(c2)OCO4)N3)CC1. The Hall–Kier alpha value is -2.91. The van der Waals surface area contributed by atoms with E-state index in [1.54, 1.807) is 23.1 Å². The lowest BCUT2D eigenvalue weighted by atomic mass is 9.96. The van der Waals surface area contributed by atoms with Crippen molar-refractivity contribution in [3.05, 3.63) is 35.5 Å². The topological polar surface area (TPSA) is 68.6 Å². The highest BCUT2D eigenvalue weighted by molar-refractivity contribution is 5.93. The van der Waals surface area contributed by atoms with Crippen LogP contribution >= 0.6 is 0 Å². The van der Waals surface area contributed by atoms with E-state index in [9.17, 15) is 18.0 Å². The molecule has 7 nitrogen and oxygen atoms in total. The fraction of sp³-hybridized carbons (Fsp3) is 0.524. The molecule has 0 bridgehead atoms. The lowest BCUT2D eigenvalue weighted by molar-refractivity contribution is -0.173. The molecule has 0 unspecified atom stereocenters. The molecular weight excluding hydrogens is 413 g/mol. The van der Waals surface area contributed by atoms with Crippen molar-refractivity contribution in [1.29, 1.82) is 0 Å². The molecule has 3 aliphatic heterocycles. The number of nitrogens with zero attached hydrogens (tertiary/aromatic N) is 3. The number of hydrogen-bond donors (Lipinski definition) is 1. The van der Waals surface area contributed by atoms with Crippen LogP contribution in [0.15, 0.2) is 24.3 Å². The molecule has 10 heteroatoms. The summed E-state index contributed by atoms with van der Waals surface area (Å²) in [5.41, 5.74) is 0.696. The fourth-order valence-corrected chi connectivity index (χ4v) is 4.40. The van der Waals surface area contributed by atoms with Crippen LogP contribution in [0.25, 0.3) is 0 Å². The Kier molecular flexibility index (Phi) is 4.75. The van der Waals surface area contributed by atoms with Gasteiger partial charge in [-0.3, -0.25) is 4.79 Å². The molecular formula is C21H23F3N4O3. The summed E-state index contributed by atoms with van der Waals surface area (Å²) in [6, 6.07) is 4.11. The van der Waals surface area contributed by atoms with Crippen molar-refractivity contribution in [2.24, 2.45) is 5.92 Å². The number of carbonyl (C=O) groups is 1. The number of anilines is 1. The van der Waals surface area contributed by atoms with Gasteiger partial charge in [-0.25, -0.2) is 4.68 Å². The van der Waals surface area contributed by atoms with Gasteiger partial charge in [-0.1, -0.05) is 13.0 Å². The van der Waals surface area contributed by atoms with Crippen molar-refractivity contribution in [2.45, 2.75) is 44.4 Å². The van der Waals surface area contributed by atoms with E-state index in [2.05, 4.69) is 17.3 Å². The van der Waals surface area contributed by atoms with E-state index in [1.165, 1.54) is 6.07 Å². The Balaban J connectivity index is 1.44. The number of amides is 1. The monoisotopic (exact) mass is 436 g/mol. The van der Waals surface area contributed by atoms with Crippen molar-refractivity contribution in [3.63, 3.8) is 0 Å². The second kappa shape index (κ2) is 7.35. The van der Waals surface area contributed by atoms with E-state index in [-0.39, 0.29) is 30.6 Å². The molecule has 1 N–H and O–H groups in total. The van der Waals surface area contributed by atoms with Gasteiger partial charge in [0.1, 0.15) is 5.82 Å². The minimum atomic E-state index is -4.50. The van der Waals surface area contributed by atoms with Gasteiger partial charge < -0.3 is 19.7 Å². The van der Waals surface area contributed by atoms with Crippen LogP contribution in [0.4, 0.5) is 19.0 Å². The Labute approximate surface area is 177 Å². The van der Waals surface area contributed by atoms with Crippen molar-refractivity contribution >= 4 is 11.7 Å². The van der Waals surface area contributed by atoms with Gasteiger partial charge in [-0.15, -0.1) is 0 Å². The maximum atomic E-state index is 13.9. The molecule has 1 aromatic carbocycles. The minimum Gasteiger partial charge on any atom is -0.454 e. The molecule has 0 radical (unpaired) electrons. The first-order valence-corrected chi connectivity index (χ1v) is 10.4. The number of rotatable bonds is 2. The highest BCUT2D eigenvalue weighted by atomic mass is 19.4. The molecule has 1 aromatic heterocycles. The highest BCUT2D eigenvalue weighted by Crippen LogP contribution is 2.45. The van der Waals surface area contributed by atoms with E-state index in [1.807, 2.05) is 0 Å². The zero-order valence-corrected chi connectivity index (χ0v) is 17.0. The molecule has 31 heavy (non-hydrogen) atoms. The number of halogens is 3. The molecule has 3 aliphatic rings. The second-order valence-electron chi connectivity index (χ2n) is 8.44. The van der Waals surface area contributed by atoms with E-state index in [0.717, 1.165) is 17.5 Å². The van der Waals surface area contributed by atoms with Crippen LogP contribution in [0.3, 0.4) is 0 Å². The third kappa shape index (κ3) is 3.68. The van der Waals surface area contributed by atoms with Crippen LogP contribution in [0, 0.1) is 5.92 Å². The van der Waals surface area contributed by atoms with Gasteiger partial charge >= 0.3 is 6.18 Å². The number of piperidine rings is 1. The number of ether oxygens (including phenoxy) is 2. The van der Waals surface area contributed by atoms with Gasteiger partial charge in [-0.05, 0) is 36.5 Å². The largest absolute Gasteiger partial charge is 0.454 e. The molecule has 1 saturated heterocycles. The predicted molar refractivity (Wildman–Crippen MR) is 105 cm³/mol. The molecule has 5 rings (SSSR count). The van der Waals surface area contributed by atoms with Crippen molar-refractivity contribution < 1.29 is 27.4 Å². The van der Waals surface area contributed by atoms with Crippen LogP contribution in [-0.4, -0.2) is 46.6 Å². The van der Waals surface area contributed by atoms with Crippen LogP contribution in [0.2, 0.25) is 0 Å². The predicted octanol–water partition coefficient (Wildman–Crippen LogP) is 4.14. The molecule has 2 aromatic rings. The van der Waals surface area contributed by atoms with Crippen LogP contribution in [-0.2, 0) is 0 Å². The van der Waals surface area contributed by atoms with Crippen LogP contribution in [0.1, 0.15) is 54.3 Å². The third-order valence-electron chi connectivity index (χ3n) is 6.28. The van der Waals surface area contributed by atoms with Crippen molar-refractivity contribution in [1.82, 2.24) is 14.7 Å². The third-order valence-corrected chi connectivity index (χ3v) is 6.28. The maximum absolute atomic E-state index is 13.9. The summed E-state index contributed by atoms with van der Waals surface area (Å²) in [5, 5.41) is 7.20. The fourth-order valence-electron chi connectivity index (χ4n) is 4.40. The van der Waals surface area contributed by atoms with Crippen LogP contribution in [0.5, 0.6) is 11.5 Å². The Bertz CT molecular complexity index is 998. The summed E-state index contributed by atoms with van der Waals surface area (Å²) in [5.74, 6) is 1.48. The summed E-state index contributed by atoms with van der Waals surface area (Å²) < 4.78 is 53.3. The van der Waals surface area contributed by atoms with Crippen molar-refractivity contribution in [3.8, 4) is 11.5 Å². The smallest absolute Gasteiger partial charge is 0.410 e. The van der Waals surface area contributed by atoms with Gasteiger partial charge in [0.05, 0.1) is 6.04 Å². The standard InChI is InChI=1S/C21H23F3N4O3/c1-12-4-6-27(7-5-12)20(29)15-10-19-25-14(9-18(21(22,23)24)28(19)26-15)13-2-3-16-17(8-13)31-11-30-16/h2-3,8,10,12,14,18,25H,4-7,9,11H2,1H3/t14-,18-/m1/s1. The average Bonchev–Trinajstić information content (AvgIpc) is 3.38. The van der Waals surface area contributed by atoms with E-state index >= 15 is 0 Å². The number of fused-ring (bicyclic) bond motifs is 2. The minimum absolute atomic E-state index is 0.0395. The zero-order valence-electron chi connectivity index (χ0n) is 17.0. The number of aromatic nitrogens is 2. The first-order chi connectivity index (χ1) is 14.8. The Morgan fingerprint density at radius 1 is 1.16 bits per heavy atom. The van der Waals surface area contributed by atoms with Crippen LogP contribution < -0.4 is 14.8 Å². The summed E-state index contributed by atoms with van der Waals surface area (Å²) in [6.45, 7) is 3.41. The molecule has 1 amide bonds. The lowest BCUT2D eigenvalue weighted by Crippen LogP contribution is -2.38. The van der Waals surface area contributed by atoms with Gasteiger partial charge in [0, 0.05) is 25.6 Å². The number of nitrogens with one attached hydrogen (secondary N) is 1. The molecule has 166 valence electrons. The number of benzene rings is 1. The summed E-state index contributed by atoms with van der Waals surface area (Å²) >= 11 is 0. The molecule has 2 atom stereocenters. The molecule has 1 fully saturated rings. The average molecular weight is 436 g/mol. The number of hydrogen-bond acceptors (Lipinski definition) is 5. The lowest BCUT2D eigenvalue weighted by Gasteiger charge is -2.33. The quantitative estimate of drug-likeness (QED) is 0.766. The number of alkyl halides is 3. The molecule has 0 spiro atoms. The van der Waals surface area contributed by atoms with E-state index in [0.29, 0.717) is 36.1 Å². The molecule has 0 saturated carbocycles. The highest BCUT2D eigenvalue weighted by Gasteiger charge is 2.47. The van der Waals surface area contributed by atoms with Crippen molar-refractivity contribution in [2.75, 3.05) is 25.2 Å². The normalized spacial score (nSPS) is 23.4. The zero-order chi connectivity index (χ0) is 21.8. The van der Waals surface area contributed by atoms with E-state index in [4.69, 9.17) is 9.47 Å². The van der Waals surface area contributed by atoms with Gasteiger partial charge in [0.2, 0.25) is 6.79 Å². The molecule has 4 heterocycles. The summed E-state index contributed by atoms with van der Waals surface area (Å²) in [7, 11) is 0. The molecule has 0 aliphatic carbocycles. The summed E-state index contributed by atoms with van der Waals surface area (Å²) in [4.78, 5) is 14.5.